The third-order valence-corrected chi connectivity index (χ3v) is 2.91. The van der Waals surface area contributed by atoms with E-state index in [0.717, 1.165) is 12.2 Å². The number of nitrogens with zero attached hydrogens (tertiary/aromatic N) is 3. The Hall–Kier alpha value is -2.37. The number of hydrogen-bond donors (Lipinski definition) is 1. The Morgan fingerprint density at radius 1 is 1.29 bits per heavy atom. The van der Waals surface area contributed by atoms with Crippen LogP contribution in [-0.2, 0) is 17.8 Å². The summed E-state index contributed by atoms with van der Waals surface area (Å²) in [6.07, 6.45) is 2.34. The van der Waals surface area contributed by atoms with Gasteiger partial charge in [0.25, 0.3) is 0 Å². The van der Waals surface area contributed by atoms with E-state index in [9.17, 15) is 4.79 Å². The molecule has 1 aromatic heterocycles. The first kappa shape index (κ1) is 15.0. The Kier molecular flexibility index (Phi) is 4.92. The van der Waals surface area contributed by atoms with Crippen molar-refractivity contribution >= 4 is 5.97 Å². The number of carboxylic acid groups (broad SMARTS) is 1. The van der Waals surface area contributed by atoms with Gasteiger partial charge in [-0.3, -0.25) is 9.48 Å². The highest BCUT2D eigenvalue weighted by atomic mass is 16.5. The van der Waals surface area contributed by atoms with Crippen LogP contribution in [-0.4, -0.2) is 32.7 Å². The molecule has 0 unspecified atom stereocenters. The van der Waals surface area contributed by atoms with Crippen LogP contribution in [0.15, 0.2) is 24.4 Å². The van der Waals surface area contributed by atoms with E-state index >= 15 is 0 Å². The van der Waals surface area contributed by atoms with Crippen molar-refractivity contribution in [2.24, 2.45) is 0 Å². The van der Waals surface area contributed by atoms with Gasteiger partial charge in [-0.05, 0) is 37.1 Å². The van der Waals surface area contributed by atoms with Crippen LogP contribution >= 0.6 is 0 Å². The van der Waals surface area contributed by atoms with E-state index in [1.807, 2.05) is 26.0 Å². The average Bonchev–Trinajstić information content (AvgIpc) is 2.80. The first-order valence-corrected chi connectivity index (χ1v) is 6.85. The minimum atomic E-state index is -0.903. The molecule has 0 aliphatic rings. The predicted molar refractivity (Wildman–Crippen MR) is 77.4 cm³/mol. The third-order valence-electron chi connectivity index (χ3n) is 2.91. The standard InChI is InChI=1S/C15H19N3O3/c1-11-6-12(2)8-14(7-11)21-5-3-4-18-10-13(16-17-18)9-15(19)20/h6-8,10H,3-5,9H2,1-2H3,(H,19,20). The highest BCUT2D eigenvalue weighted by molar-refractivity contribution is 5.69. The highest BCUT2D eigenvalue weighted by Gasteiger charge is 2.05. The summed E-state index contributed by atoms with van der Waals surface area (Å²) in [6.45, 7) is 5.31. The van der Waals surface area contributed by atoms with Gasteiger partial charge in [-0.2, -0.15) is 0 Å². The van der Waals surface area contributed by atoms with Gasteiger partial charge in [-0.25, -0.2) is 0 Å². The van der Waals surface area contributed by atoms with E-state index in [2.05, 4.69) is 16.4 Å². The molecule has 0 atom stereocenters. The van der Waals surface area contributed by atoms with Crippen LogP contribution in [0.3, 0.4) is 0 Å². The fourth-order valence-corrected chi connectivity index (χ4v) is 2.12. The van der Waals surface area contributed by atoms with Crippen molar-refractivity contribution in [3.63, 3.8) is 0 Å². The number of aryl methyl sites for hydroxylation is 3. The molecule has 1 N–H and O–H groups in total. The highest BCUT2D eigenvalue weighted by Crippen LogP contribution is 2.16. The summed E-state index contributed by atoms with van der Waals surface area (Å²) in [5, 5.41) is 16.4. The Bertz CT molecular complexity index is 602. The number of hydrogen-bond acceptors (Lipinski definition) is 4. The first-order valence-electron chi connectivity index (χ1n) is 6.85. The molecule has 0 spiro atoms. The van der Waals surface area contributed by atoms with Crippen molar-refractivity contribution in [2.75, 3.05) is 6.61 Å². The van der Waals surface area contributed by atoms with Crippen molar-refractivity contribution in [3.8, 4) is 5.75 Å². The Morgan fingerprint density at radius 3 is 2.67 bits per heavy atom. The maximum Gasteiger partial charge on any atom is 0.309 e. The van der Waals surface area contributed by atoms with Crippen molar-refractivity contribution < 1.29 is 14.6 Å². The normalized spacial score (nSPS) is 10.6. The van der Waals surface area contributed by atoms with Gasteiger partial charge in [-0.1, -0.05) is 11.3 Å². The Balaban J connectivity index is 1.76. The van der Waals surface area contributed by atoms with Crippen LogP contribution in [0.2, 0.25) is 0 Å². The summed E-state index contributed by atoms with van der Waals surface area (Å²) < 4.78 is 7.35. The molecule has 0 amide bonds. The monoisotopic (exact) mass is 289 g/mol. The maximum atomic E-state index is 10.6. The summed E-state index contributed by atoms with van der Waals surface area (Å²) in [7, 11) is 0. The molecule has 6 heteroatoms. The lowest BCUT2D eigenvalue weighted by Crippen LogP contribution is -2.05. The van der Waals surface area contributed by atoms with Gasteiger partial charge in [0.05, 0.1) is 18.7 Å². The van der Waals surface area contributed by atoms with Gasteiger partial charge in [-0.15, -0.1) is 5.10 Å². The molecule has 0 bridgehead atoms. The van der Waals surface area contributed by atoms with E-state index < -0.39 is 5.97 Å². The molecule has 21 heavy (non-hydrogen) atoms. The van der Waals surface area contributed by atoms with Crippen molar-refractivity contribution in [3.05, 3.63) is 41.2 Å². The van der Waals surface area contributed by atoms with Gasteiger partial charge < -0.3 is 9.84 Å². The minimum Gasteiger partial charge on any atom is -0.494 e. The molecule has 1 heterocycles. The Morgan fingerprint density at radius 2 is 2.00 bits per heavy atom. The molecule has 2 aromatic rings. The second-order valence-electron chi connectivity index (χ2n) is 5.07. The van der Waals surface area contributed by atoms with Gasteiger partial charge >= 0.3 is 5.97 Å². The number of aromatic nitrogens is 3. The van der Waals surface area contributed by atoms with Crippen molar-refractivity contribution in [1.29, 1.82) is 0 Å². The number of rotatable bonds is 7. The molecule has 2 rings (SSSR count). The van der Waals surface area contributed by atoms with Gasteiger partial charge in [0.1, 0.15) is 5.75 Å². The molecular formula is C15H19N3O3. The van der Waals surface area contributed by atoms with Crippen molar-refractivity contribution in [2.45, 2.75) is 33.2 Å². The lowest BCUT2D eigenvalue weighted by molar-refractivity contribution is -0.136. The lowest BCUT2D eigenvalue weighted by Gasteiger charge is -2.08. The van der Waals surface area contributed by atoms with Crippen LogP contribution in [0.5, 0.6) is 5.75 Å². The van der Waals surface area contributed by atoms with Crippen LogP contribution in [0, 0.1) is 13.8 Å². The largest absolute Gasteiger partial charge is 0.494 e. The first-order chi connectivity index (χ1) is 10.0. The predicted octanol–water partition coefficient (Wildman–Crippen LogP) is 1.99. The van der Waals surface area contributed by atoms with E-state index in [-0.39, 0.29) is 6.42 Å². The van der Waals surface area contributed by atoms with Crippen LogP contribution in [0.25, 0.3) is 0 Å². The smallest absolute Gasteiger partial charge is 0.309 e. The number of carbonyl (C=O) groups is 1. The maximum absolute atomic E-state index is 10.6. The number of aliphatic carboxylic acids is 1. The van der Waals surface area contributed by atoms with E-state index in [1.165, 1.54) is 11.1 Å². The summed E-state index contributed by atoms with van der Waals surface area (Å²) in [4.78, 5) is 10.6. The van der Waals surface area contributed by atoms with Crippen LogP contribution in [0.4, 0.5) is 0 Å². The topological polar surface area (TPSA) is 77.2 Å². The second-order valence-corrected chi connectivity index (χ2v) is 5.07. The Labute approximate surface area is 123 Å². The summed E-state index contributed by atoms with van der Waals surface area (Å²) in [5.74, 6) is -0.0298. The zero-order chi connectivity index (χ0) is 15.2. The molecule has 0 aliphatic carbocycles. The molecular weight excluding hydrogens is 270 g/mol. The molecule has 0 fully saturated rings. The van der Waals surface area contributed by atoms with E-state index in [1.54, 1.807) is 10.9 Å². The summed E-state index contributed by atoms with van der Waals surface area (Å²) >= 11 is 0. The summed E-state index contributed by atoms with van der Waals surface area (Å²) in [6, 6.07) is 6.12. The SMILES string of the molecule is Cc1cc(C)cc(OCCCn2cc(CC(=O)O)nn2)c1. The molecule has 0 saturated carbocycles. The van der Waals surface area contributed by atoms with E-state index in [0.29, 0.717) is 18.8 Å². The lowest BCUT2D eigenvalue weighted by atomic mass is 10.1. The molecule has 1 aromatic carbocycles. The molecule has 112 valence electrons. The summed E-state index contributed by atoms with van der Waals surface area (Å²) in [5.41, 5.74) is 2.83. The quantitative estimate of drug-likeness (QED) is 0.789. The molecule has 0 aliphatic heterocycles. The fraction of sp³-hybridized carbons (Fsp3) is 0.400. The van der Waals surface area contributed by atoms with Crippen LogP contribution < -0.4 is 4.74 Å². The molecule has 0 radical (unpaired) electrons. The zero-order valence-corrected chi connectivity index (χ0v) is 12.2. The average molecular weight is 289 g/mol. The van der Waals surface area contributed by atoms with Gasteiger partial charge in [0, 0.05) is 19.2 Å². The number of carboxylic acids is 1. The van der Waals surface area contributed by atoms with Crippen molar-refractivity contribution in [1.82, 2.24) is 15.0 Å². The number of benzene rings is 1. The van der Waals surface area contributed by atoms with Gasteiger partial charge in [0.2, 0.25) is 0 Å². The number of ether oxygens (including phenoxy) is 1. The minimum absolute atomic E-state index is 0.0981. The zero-order valence-electron chi connectivity index (χ0n) is 12.2. The third kappa shape index (κ3) is 4.91. The second kappa shape index (κ2) is 6.88. The fourth-order valence-electron chi connectivity index (χ4n) is 2.12. The molecule has 0 saturated heterocycles. The molecule has 6 nitrogen and oxygen atoms in total. The van der Waals surface area contributed by atoms with Gasteiger partial charge in [0.15, 0.2) is 0 Å². The van der Waals surface area contributed by atoms with E-state index in [4.69, 9.17) is 9.84 Å². The van der Waals surface area contributed by atoms with Crippen LogP contribution in [0.1, 0.15) is 23.2 Å².